The second-order valence-corrected chi connectivity index (χ2v) is 3.63. The fourth-order valence-corrected chi connectivity index (χ4v) is 1.16. The molecule has 0 fully saturated rings. The SMILES string of the molecule is CC(=NCC(C)O)c1nc(Cl)ccc1F. The van der Waals surface area contributed by atoms with Crippen LogP contribution < -0.4 is 0 Å². The number of halogens is 2. The number of rotatable bonds is 3. The Balaban J connectivity index is 2.94. The third-order valence-corrected chi connectivity index (χ3v) is 1.96. The highest BCUT2D eigenvalue weighted by molar-refractivity contribution is 6.29. The standard InChI is InChI=1S/C10H12ClFN2O/c1-6(15)5-13-7(2)10-8(12)3-4-9(11)14-10/h3-4,6,15H,5H2,1-2H3. The molecule has 0 saturated carbocycles. The van der Waals surface area contributed by atoms with Gasteiger partial charge in [-0.05, 0) is 26.0 Å². The third-order valence-electron chi connectivity index (χ3n) is 1.75. The number of hydrogen-bond acceptors (Lipinski definition) is 3. The minimum absolute atomic E-state index is 0.128. The molecule has 1 N–H and O–H groups in total. The van der Waals surface area contributed by atoms with Gasteiger partial charge in [0.15, 0.2) is 5.82 Å². The zero-order valence-corrected chi connectivity index (χ0v) is 9.29. The van der Waals surface area contributed by atoms with E-state index in [4.69, 9.17) is 16.7 Å². The van der Waals surface area contributed by atoms with Gasteiger partial charge >= 0.3 is 0 Å². The van der Waals surface area contributed by atoms with Crippen molar-refractivity contribution in [1.82, 2.24) is 4.98 Å². The van der Waals surface area contributed by atoms with Gasteiger partial charge in [-0.2, -0.15) is 0 Å². The zero-order valence-electron chi connectivity index (χ0n) is 8.54. The van der Waals surface area contributed by atoms with Gasteiger partial charge in [-0.3, -0.25) is 4.99 Å². The van der Waals surface area contributed by atoms with Crippen LogP contribution >= 0.6 is 11.6 Å². The summed E-state index contributed by atoms with van der Waals surface area (Å²) in [7, 11) is 0. The molecule has 0 saturated heterocycles. The molecule has 0 bridgehead atoms. The normalized spacial score (nSPS) is 14.1. The molecule has 0 amide bonds. The van der Waals surface area contributed by atoms with E-state index in [1.807, 2.05) is 0 Å². The number of aliphatic imine (C=N–C) groups is 1. The topological polar surface area (TPSA) is 45.5 Å². The molecule has 1 atom stereocenters. The second kappa shape index (κ2) is 5.19. The maximum absolute atomic E-state index is 13.3. The molecular formula is C10H12ClFN2O. The van der Waals surface area contributed by atoms with Crippen LogP contribution in [0.1, 0.15) is 19.5 Å². The fraction of sp³-hybridized carbons (Fsp3) is 0.400. The number of aliphatic hydroxyl groups excluding tert-OH is 1. The van der Waals surface area contributed by atoms with Crippen LogP contribution in [0.2, 0.25) is 5.15 Å². The van der Waals surface area contributed by atoms with Crippen molar-refractivity contribution in [2.75, 3.05) is 6.54 Å². The van der Waals surface area contributed by atoms with Gasteiger partial charge in [0.25, 0.3) is 0 Å². The van der Waals surface area contributed by atoms with Crippen LogP contribution in [-0.2, 0) is 0 Å². The van der Waals surface area contributed by atoms with E-state index in [9.17, 15) is 4.39 Å². The lowest BCUT2D eigenvalue weighted by Crippen LogP contribution is -2.09. The first-order chi connectivity index (χ1) is 7.00. The average molecular weight is 231 g/mol. The first kappa shape index (κ1) is 12.1. The van der Waals surface area contributed by atoms with Gasteiger partial charge in [0, 0.05) is 0 Å². The van der Waals surface area contributed by atoms with E-state index < -0.39 is 11.9 Å². The molecule has 1 aromatic heterocycles. The van der Waals surface area contributed by atoms with Gasteiger partial charge in [-0.25, -0.2) is 9.37 Å². The molecule has 3 nitrogen and oxygen atoms in total. The van der Waals surface area contributed by atoms with Crippen LogP contribution in [0.15, 0.2) is 17.1 Å². The van der Waals surface area contributed by atoms with Crippen molar-refractivity contribution in [1.29, 1.82) is 0 Å². The Morgan fingerprint density at radius 2 is 2.33 bits per heavy atom. The Labute approximate surface area is 92.6 Å². The minimum Gasteiger partial charge on any atom is -0.391 e. The van der Waals surface area contributed by atoms with Gasteiger partial charge < -0.3 is 5.11 Å². The number of pyridine rings is 1. The Kier molecular flexibility index (Phi) is 4.17. The highest BCUT2D eigenvalue weighted by Crippen LogP contribution is 2.11. The van der Waals surface area contributed by atoms with Crippen molar-refractivity contribution in [3.8, 4) is 0 Å². The number of aliphatic hydroxyl groups is 1. The predicted molar refractivity (Wildman–Crippen MR) is 58.0 cm³/mol. The molecule has 15 heavy (non-hydrogen) atoms. The monoisotopic (exact) mass is 230 g/mol. The van der Waals surface area contributed by atoms with Gasteiger partial charge in [0.1, 0.15) is 10.8 Å². The summed E-state index contributed by atoms with van der Waals surface area (Å²) in [4.78, 5) is 7.83. The lowest BCUT2D eigenvalue weighted by molar-refractivity contribution is 0.204. The van der Waals surface area contributed by atoms with Gasteiger partial charge in [0.05, 0.1) is 18.4 Å². The Hall–Kier alpha value is -1.00. The van der Waals surface area contributed by atoms with E-state index in [1.165, 1.54) is 12.1 Å². The highest BCUT2D eigenvalue weighted by atomic mass is 35.5. The minimum atomic E-state index is -0.554. The number of hydrogen-bond donors (Lipinski definition) is 1. The first-order valence-electron chi connectivity index (χ1n) is 4.52. The van der Waals surface area contributed by atoms with E-state index in [0.29, 0.717) is 5.71 Å². The van der Waals surface area contributed by atoms with E-state index in [-0.39, 0.29) is 17.4 Å². The van der Waals surface area contributed by atoms with Crippen LogP contribution in [0.4, 0.5) is 4.39 Å². The molecule has 0 aliphatic rings. The molecule has 0 aliphatic carbocycles. The summed E-state index contributed by atoms with van der Waals surface area (Å²) >= 11 is 5.64. The van der Waals surface area contributed by atoms with E-state index in [2.05, 4.69) is 9.98 Å². The molecule has 1 heterocycles. The molecule has 0 radical (unpaired) electrons. The van der Waals surface area contributed by atoms with Crippen molar-refractivity contribution in [2.24, 2.45) is 4.99 Å². The maximum atomic E-state index is 13.3. The highest BCUT2D eigenvalue weighted by Gasteiger charge is 2.08. The Morgan fingerprint density at radius 1 is 1.67 bits per heavy atom. The number of aromatic nitrogens is 1. The van der Waals surface area contributed by atoms with E-state index >= 15 is 0 Å². The van der Waals surface area contributed by atoms with Crippen molar-refractivity contribution in [3.63, 3.8) is 0 Å². The van der Waals surface area contributed by atoms with E-state index in [1.54, 1.807) is 13.8 Å². The smallest absolute Gasteiger partial charge is 0.150 e. The van der Waals surface area contributed by atoms with Crippen molar-refractivity contribution >= 4 is 17.3 Å². The molecule has 0 spiro atoms. The van der Waals surface area contributed by atoms with Crippen LogP contribution in [0.25, 0.3) is 0 Å². The van der Waals surface area contributed by atoms with E-state index in [0.717, 1.165) is 0 Å². The third kappa shape index (κ3) is 3.57. The van der Waals surface area contributed by atoms with Crippen molar-refractivity contribution in [2.45, 2.75) is 20.0 Å². The van der Waals surface area contributed by atoms with Gasteiger partial charge in [0.2, 0.25) is 0 Å². The van der Waals surface area contributed by atoms with Gasteiger partial charge in [-0.1, -0.05) is 11.6 Å². The molecule has 1 unspecified atom stereocenters. The molecular weight excluding hydrogens is 219 g/mol. The Bertz CT molecular complexity index is 380. The lowest BCUT2D eigenvalue weighted by Gasteiger charge is -2.03. The number of nitrogens with zero attached hydrogens (tertiary/aromatic N) is 2. The average Bonchev–Trinajstić information content (AvgIpc) is 2.18. The van der Waals surface area contributed by atoms with Crippen LogP contribution in [-0.4, -0.2) is 28.5 Å². The van der Waals surface area contributed by atoms with Crippen LogP contribution in [0.3, 0.4) is 0 Å². The van der Waals surface area contributed by atoms with Crippen molar-refractivity contribution in [3.05, 3.63) is 28.8 Å². The summed E-state index contributed by atoms with van der Waals surface area (Å²) in [5, 5.41) is 9.25. The largest absolute Gasteiger partial charge is 0.391 e. The van der Waals surface area contributed by atoms with Crippen LogP contribution in [0.5, 0.6) is 0 Å². The maximum Gasteiger partial charge on any atom is 0.150 e. The molecule has 82 valence electrons. The Morgan fingerprint density at radius 3 is 2.93 bits per heavy atom. The summed E-state index contributed by atoms with van der Waals surface area (Å²) in [5.41, 5.74) is 0.555. The molecule has 1 aromatic rings. The summed E-state index contributed by atoms with van der Waals surface area (Å²) in [6.45, 7) is 3.46. The lowest BCUT2D eigenvalue weighted by atomic mass is 10.2. The zero-order chi connectivity index (χ0) is 11.4. The molecule has 1 rings (SSSR count). The summed E-state index contributed by atoms with van der Waals surface area (Å²) in [5.74, 6) is -0.466. The summed E-state index contributed by atoms with van der Waals surface area (Å²) < 4.78 is 13.3. The molecule has 5 heteroatoms. The fourth-order valence-electron chi connectivity index (χ4n) is 1.02. The van der Waals surface area contributed by atoms with Crippen LogP contribution in [0, 0.1) is 5.82 Å². The predicted octanol–water partition coefficient (Wildman–Crippen LogP) is 2.06. The summed E-state index contributed by atoms with van der Waals surface area (Å²) in [6, 6.07) is 2.62. The van der Waals surface area contributed by atoms with Crippen molar-refractivity contribution < 1.29 is 9.50 Å². The second-order valence-electron chi connectivity index (χ2n) is 3.24. The molecule has 0 aromatic carbocycles. The summed E-state index contributed by atoms with van der Waals surface area (Å²) in [6.07, 6.45) is -0.554. The van der Waals surface area contributed by atoms with Gasteiger partial charge in [-0.15, -0.1) is 0 Å². The molecule has 0 aliphatic heterocycles. The quantitative estimate of drug-likeness (QED) is 0.638. The first-order valence-corrected chi connectivity index (χ1v) is 4.90.